The minimum atomic E-state index is -4.63. The molecule has 2 atom stereocenters. The lowest BCUT2D eigenvalue weighted by Crippen LogP contribution is -2.37. The fourth-order valence-corrected chi connectivity index (χ4v) is 3.59. The van der Waals surface area contributed by atoms with Crippen LogP contribution in [0.4, 0.5) is 18.9 Å². The molecule has 4 nitrogen and oxygen atoms in total. The van der Waals surface area contributed by atoms with Crippen LogP contribution in [-0.2, 0) is 15.8 Å². The first-order valence-corrected chi connectivity index (χ1v) is 9.11. The van der Waals surface area contributed by atoms with Crippen LogP contribution in [0.5, 0.6) is 0 Å². The van der Waals surface area contributed by atoms with Gasteiger partial charge in [0, 0.05) is 11.1 Å². The predicted molar refractivity (Wildman–Crippen MR) is 91.7 cm³/mol. The molecule has 2 aliphatic carbocycles. The zero-order valence-corrected chi connectivity index (χ0v) is 14.8. The van der Waals surface area contributed by atoms with E-state index in [1.165, 1.54) is 12.5 Å². The van der Waals surface area contributed by atoms with E-state index in [1.54, 1.807) is 0 Å². The zero-order chi connectivity index (χ0) is 18.9. The van der Waals surface area contributed by atoms with Crippen molar-refractivity contribution in [1.29, 1.82) is 0 Å². The Labute approximate surface area is 154 Å². The Hall–Kier alpha value is -1.76. The third kappa shape index (κ3) is 4.50. The number of rotatable bonds is 4. The first-order valence-electron chi connectivity index (χ1n) is 8.73. The highest BCUT2D eigenvalue weighted by Gasteiger charge is 2.48. The number of halogens is 4. The van der Waals surface area contributed by atoms with Gasteiger partial charge in [0.25, 0.3) is 0 Å². The maximum absolute atomic E-state index is 13.1. The maximum Gasteiger partial charge on any atom is 0.418 e. The van der Waals surface area contributed by atoms with E-state index < -0.39 is 29.5 Å². The fourth-order valence-electron chi connectivity index (χ4n) is 3.42. The van der Waals surface area contributed by atoms with E-state index in [0.717, 1.165) is 37.8 Å². The van der Waals surface area contributed by atoms with Crippen molar-refractivity contribution in [2.45, 2.75) is 50.7 Å². The molecular weight excluding hydrogens is 369 g/mol. The normalized spacial score (nSPS) is 23.4. The SMILES string of the molecule is O=C(Nc1ccc(Cl)cc1C(F)(F)F)C1CC1C(=O)NC1CCCCC1. The summed E-state index contributed by atoms with van der Waals surface area (Å²) in [5.74, 6) is -1.79. The molecule has 3 rings (SSSR count). The molecule has 2 saturated carbocycles. The van der Waals surface area contributed by atoms with Gasteiger partial charge in [0.15, 0.2) is 0 Å². The Morgan fingerprint density at radius 1 is 1.04 bits per heavy atom. The quantitative estimate of drug-likeness (QED) is 0.804. The van der Waals surface area contributed by atoms with Gasteiger partial charge in [-0.05, 0) is 37.5 Å². The molecule has 2 amide bonds. The van der Waals surface area contributed by atoms with Crippen molar-refractivity contribution < 1.29 is 22.8 Å². The van der Waals surface area contributed by atoms with Gasteiger partial charge in [-0.15, -0.1) is 0 Å². The number of carbonyl (C=O) groups is 2. The number of alkyl halides is 3. The smallest absolute Gasteiger partial charge is 0.353 e. The van der Waals surface area contributed by atoms with Gasteiger partial charge in [0.05, 0.1) is 23.1 Å². The molecular formula is C18H20ClF3N2O2. The second-order valence-corrected chi connectivity index (χ2v) is 7.41. The van der Waals surface area contributed by atoms with Gasteiger partial charge in [0.1, 0.15) is 0 Å². The van der Waals surface area contributed by atoms with Crippen LogP contribution in [0.2, 0.25) is 5.02 Å². The van der Waals surface area contributed by atoms with Gasteiger partial charge in [-0.25, -0.2) is 0 Å². The lowest BCUT2D eigenvalue weighted by molar-refractivity contribution is -0.137. The Bertz CT molecular complexity index is 702. The van der Waals surface area contributed by atoms with Crippen molar-refractivity contribution in [2.24, 2.45) is 11.8 Å². The van der Waals surface area contributed by atoms with E-state index in [0.29, 0.717) is 6.42 Å². The summed E-state index contributed by atoms with van der Waals surface area (Å²) in [5.41, 5.74) is -1.34. The average Bonchev–Trinajstić information content (AvgIpc) is 3.37. The van der Waals surface area contributed by atoms with Gasteiger partial charge in [0.2, 0.25) is 11.8 Å². The molecule has 0 aliphatic heterocycles. The van der Waals surface area contributed by atoms with Gasteiger partial charge in [-0.3, -0.25) is 9.59 Å². The monoisotopic (exact) mass is 388 g/mol. The fraction of sp³-hybridized carbons (Fsp3) is 0.556. The highest BCUT2D eigenvalue weighted by molar-refractivity contribution is 6.30. The van der Waals surface area contributed by atoms with Crippen LogP contribution in [0.15, 0.2) is 18.2 Å². The second-order valence-electron chi connectivity index (χ2n) is 6.97. The molecule has 0 radical (unpaired) electrons. The molecule has 0 spiro atoms. The highest BCUT2D eigenvalue weighted by atomic mass is 35.5. The largest absolute Gasteiger partial charge is 0.418 e. The first kappa shape index (κ1) is 19.0. The first-order chi connectivity index (χ1) is 12.3. The van der Waals surface area contributed by atoms with Crippen LogP contribution in [0.1, 0.15) is 44.1 Å². The molecule has 1 aromatic carbocycles. The second kappa shape index (κ2) is 7.47. The van der Waals surface area contributed by atoms with Gasteiger partial charge in [-0.2, -0.15) is 13.2 Å². The molecule has 1 aromatic rings. The van der Waals surface area contributed by atoms with E-state index in [9.17, 15) is 22.8 Å². The van der Waals surface area contributed by atoms with Crippen molar-refractivity contribution in [3.63, 3.8) is 0 Å². The highest BCUT2D eigenvalue weighted by Crippen LogP contribution is 2.41. The third-order valence-electron chi connectivity index (χ3n) is 4.96. The van der Waals surface area contributed by atoms with E-state index in [1.807, 2.05) is 0 Å². The Morgan fingerprint density at radius 3 is 2.35 bits per heavy atom. The standard InChI is InChI=1S/C18H20ClF3N2O2/c19-10-6-7-15(14(8-10)18(20,21)22)24-17(26)13-9-12(13)16(25)23-11-4-2-1-3-5-11/h6-8,11-13H,1-5,9H2,(H,23,25)(H,24,26). The van der Waals surface area contributed by atoms with Crippen molar-refractivity contribution in [3.05, 3.63) is 28.8 Å². The molecule has 0 heterocycles. The molecule has 0 saturated heterocycles. The van der Waals surface area contributed by atoms with Crippen molar-refractivity contribution in [2.75, 3.05) is 5.32 Å². The maximum atomic E-state index is 13.1. The Morgan fingerprint density at radius 2 is 1.69 bits per heavy atom. The number of hydrogen-bond acceptors (Lipinski definition) is 2. The number of nitrogens with one attached hydrogen (secondary N) is 2. The summed E-state index contributed by atoms with van der Waals surface area (Å²) < 4.78 is 39.3. The van der Waals surface area contributed by atoms with Gasteiger partial charge < -0.3 is 10.6 Å². The molecule has 2 aliphatic rings. The van der Waals surface area contributed by atoms with Crippen LogP contribution in [0, 0.1) is 11.8 Å². The average molecular weight is 389 g/mol. The molecule has 2 unspecified atom stereocenters. The number of carbonyl (C=O) groups excluding carboxylic acids is 2. The molecule has 0 bridgehead atoms. The third-order valence-corrected chi connectivity index (χ3v) is 5.20. The van der Waals surface area contributed by atoms with E-state index in [2.05, 4.69) is 10.6 Å². The molecule has 8 heteroatoms. The number of benzene rings is 1. The molecule has 0 aromatic heterocycles. The predicted octanol–water partition coefficient (Wildman–Crippen LogP) is 4.38. The lowest BCUT2D eigenvalue weighted by atomic mass is 9.95. The van der Waals surface area contributed by atoms with Crippen molar-refractivity contribution in [3.8, 4) is 0 Å². The summed E-state index contributed by atoms with van der Waals surface area (Å²) in [6.45, 7) is 0. The zero-order valence-electron chi connectivity index (χ0n) is 14.0. The lowest BCUT2D eigenvalue weighted by Gasteiger charge is -2.22. The summed E-state index contributed by atoms with van der Waals surface area (Å²) >= 11 is 5.63. The van der Waals surface area contributed by atoms with Gasteiger partial charge in [-0.1, -0.05) is 30.9 Å². The molecule has 26 heavy (non-hydrogen) atoms. The van der Waals surface area contributed by atoms with E-state index in [4.69, 9.17) is 11.6 Å². The minimum Gasteiger partial charge on any atom is -0.353 e. The van der Waals surface area contributed by atoms with Crippen LogP contribution in [-0.4, -0.2) is 17.9 Å². The van der Waals surface area contributed by atoms with Crippen molar-refractivity contribution in [1.82, 2.24) is 5.32 Å². The van der Waals surface area contributed by atoms with E-state index >= 15 is 0 Å². The molecule has 142 valence electrons. The van der Waals surface area contributed by atoms with Crippen LogP contribution in [0.3, 0.4) is 0 Å². The topological polar surface area (TPSA) is 58.2 Å². The van der Waals surface area contributed by atoms with E-state index in [-0.39, 0.29) is 22.7 Å². The number of amides is 2. The van der Waals surface area contributed by atoms with Crippen LogP contribution in [0.25, 0.3) is 0 Å². The number of anilines is 1. The summed E-state index contributed by atoms with van der Waals surface area (Å²) in [6, 6.07) is 3.33. The number of hydrogen-bond donors (Lipinski definition) is 2. The van der Waals surface area contributed by atoms with Crippen LogP contribution < -0.4 is 10.6 Å². The Kier molecular flexibility index (Phi) is 5.46. The molecule has 2 fully saturated rings. The van der Waals surface area contributed by atoms with Crippen molar-refractivity contribution >= 4 is 29.1 Å². The summed E-state index contributed by atoms with van der Waals surface area (Å²) in [5, 5.41) is 5.19. The Balaban J connectivity index is 1.59. The summed E-state index contributed by atoms with van der Waals surface area (Å²) in [4.78, 5) is 24.5. The van der Waals surface area contributed by atoms with Crippen LogP contribution >= 0.6 is 11.6 Å². The molecule has 2 N–H and O–H groups in total. The minimum absolute atomic E-state index is 0.0634. The summed E-state index contributed by atoms with van der Waals surface area (Å²) in [7, 11) is 0. The summed E-state index contributed by atoms with van der Waals surface area (Å²) in [6.07, 6.45) is 0.939. The van der Waals surface area contributed by atoms with Gasteiger partial charge >= 0.3 is 6.18 Å².